The fraction of sp³-hybridized carbons (Fsp3) is 0.364. The third-order valence-corrected chi connectivity index (χ3v) is 2.38. The van der Waals surface area contributed by atoms with Crippen molar-refractivity contribution in [3.8, 4) is 0 Å². The molecule has 1 N–H and O–H groups in total. The first kappa shape index (κ1) is 11.9. The minimum Gasteiger partial charge on any atom is -0.375 e. The average Bonchev–Trinajstić information content (AvgIpc) is 2.18. The molecule has 0 aromatic heterocycles. The number of nitrogens with one attached hydrogen (secondary N) is 1. The topological polar surface area (TPSA) is 32.3 Å². The second-order valence-corrected chi connectivity index (χ2v) is 4.03. The normalized spacial score (nSPS) is 9.87. The summed E-state index contributed by atoms with van der Waals surface area (Å²) in [6, 6.07) is 5.67. The highest BCUT2D eigenvalue weighted by Crippen LogP contribution is 2.22. The number of amides is 1. The summed E-state index contributed by atoms with van der Waals surface area (Å²) in [7, 11) is 3.45. The van der Waals surface area contributed by atoms with Crippen molar-refractivity contribution >= 4 is 23.2 Å². The lowest BCUT2D eigenvalue weighted by Gasteiger charge is -2.12. The molecule has 1 aromatic rings. The molecule has 0 bridgehead atoms. The summed E-state index contributed by atoms with van der Waals surface area (Å²) < 4.78 is 0. The van der Waals surface area contributed by atoms with Gasteiger partial charge in [0.15, 0.2) is 0 Å². The van der Waals surface area contributed by atoms with Crippen molar-refractivity contribution in [2.75, 3.05) is 26.0 Å². The maximum Gasteiger partial charge on any atom is 0.241 e. The van der Waals surface area contributed by atoms with Crippen LogP contribution in [0.1, 0.15) is 5.56 Å². The Hall–Kier alpha value is -1.22. The molecule has 3 nitrogen and oxygen atoms in total. The zero-order chi connectivity index (χ0) is 11.4. The van der Waals surface area contributed by atoms with Crippen molar-refractivity contribution in [2.24, 2.45) is 0 Å². The highest BCUT2D eigenvalue weighted by molar-refractivity contribution is 6.33. The van der Waals surface area contributed by atoms with Crippen LogP contribution in [0.2, 0.25) is 5.02 Å². The standard InChI is InChI=1S/C11H15ClN2O/c1-8-4-5-9(12)10(6-8)13-7-11(15)14(2)3/h4-6,13H,7H2,1-3H3. The molecule has 4 heteroatoms. The Bertz CT molecular complexity index is 364. The molecule has 15 heavy (non-hydrogen) atoms. The second-order valence-electron chi connectivity index (χ2n) is 3.63. The molecular formula is C11H15ClN2O. The van der Waals surface area contributed by atoms with Crippen LogP contribution in [0.4, 0.5) is 5.69 Å². The molecule has 0 spiro atoms. The Morgan fingerprint density at radius 3 is 2.73 bits per heavy atom. The summed E-state index contributed by atoms with van der Waals surface area (Å²) in [5, 5.41) is 3.64. The molecule has 0 unspecified atom stereocenters. The fourth-order valence-electron chi connectivity index (χ4n) is 1.10. The zero-order valence-corrected chi connectivity index (χ0v) is 9.93. The lowest BCUT2D eigenvalue weighted by Crippen LogP contribution is -2.28. The van der Waals surface area contributed by atoms with Crippen molar-refractivity contribution in [1.29, 1.82) is 0 Å². The molecule has 0 saturated heterocycles. The molecule has 1 rings (SSSR count). The van der Waals surface area contributed by atoms with Crippen LogP contribution < -0.4 is 5.32 Å². The van der Waals surface area contributed by atoms with Crippen LogP contribution in [0, 0.1) is 6.92 Å². The summed E-state index contributed by atoms with van der Waals surface area (Å²) >= 11 is 5.97. The number of anilines is 1. The SMILES string of the molecule is Cc1ccc(Cl)c(NCC(=O)N(C)C)c1. The van der Waals surface area contributed by atoms with Crippen molar-refractivity contribution in [3.63, 3.8) is 0 Å². The van der Waals surface area contributed by atoms with Gasteiger partial charge in [-0.05, 0) is 24.6 Å². The van der Waals surface area contributed by atoms with Crippen LogP contribution in [0.5, 0.6) is 0 Å². The summed E-state index contributed by atoms with van der Waals surface area (Å²) in [5.74, 6) is 0.0209. The van der Waals surface area contributed by atoms with E-state index >= 15 is 0 Å². The number of carbonyl (C=O) groups excluding carboxylic acids is 1. The van der Waals surface area contributed by atoms with Crippen LogP contribution in [0.15, 0.2) is 18.2 Å². The van der Waals surface area contributed by atoms with E-state index in [0.717, 1.165) is 11.3 Å². The van der Waals surface area contributed by atoms with Gasteiger partial charge in [0, 0.05) is 14.1 Å². The van der Waals surface area contributed by atoms with Gasteiger partial charge in [-0.25, -0.2) is 0 Å². The number of hydrogen-bond acceptors (Lipinski definition) is 2. The molecule has 0 aliphatic carbocycles. The third-order valence-electron chi connectivity index (χ3n) is 2.05. The number of carbonyl (C=O) groups is 1. The molecule has 0 fully saturated rings. The summed E-state index contributed by atoms with van der Waals surface area (Å²) in [6.07, 6.45) is 0. The number of nitrogens with zero attached hydrogens (tertiary/aromatic N) is 1. The van der Waals surface area contributed by atoms with Crippen LogP contribution in [0.25, 0.3) is 0 Å². The Morgan fingerprint density at radius 2 is 2.13 bits per heavy atom. The number of hydrogen-bond donors (Lipinski definition) is 1. The predicted molar refractivity (Wildman–Crippen MR) is 63.4 cm³/mol. The van der Waals surface area contributed by atoms with Gasteiger partial charge in [0.25, 0.3) is 0 Å². The Balaban J connectivity index is 2.65. The highest BCUT2D eigenvalue weighted by Gasteiger charge is 2.05. The van der Waals surface area contributed by atoms with E-state index in [9.17, 15) is 4.79 Å². The van der Waals surface area contributed by atoms with E-state index in [4.69, 9.17) is 11.6 Å². The number of aryl methyl sites for hydroxylation is 1. The van der Waals surface area contributed by atoms with Crippen molar-refractivity contribution in [3.05, 3.63) is 28.8 Å². The van der Waals surface area contributed by atoms with E-state index in [1.807, 2.05) is 25.1 Å². The fourth-order valence-corrected chi connectivity index (χ4v) is 1.29. The van der Waals surface area contributed by atoms with Gasteiger partial charge >= 0.3 is 0 Å². The van der Waals surface area contributed by atoms with E-state index in [0.29, 0.717) is 5.02 Å². The number of benzene rings is 1. The van der Waals surface area contributed by atoms with Crippen LogP contribution in [-0.4, -0.2) is 31.4 Å². The van der Waals surface area contributed by atoms with E-state index in [1.165, 1.54) is 4.90 Å². The second kappa shape index (κ2) is 5.03. The largest absolute Gasteiger partial charge is 0.375 e. The minimum atomic E-state index is 0.0209. The first-order chi connectivity index (χ1) is 7.00. The molecule has 0 radical (unpaired) electrons. The van der Waals surface area contributed by atoms with Gasteiger partial charge in [0.2, 0.25) is 5.91 Å². The first-order valence-corrected chi connectivity index (χ1v) is 5.08. The molecule has 82 valence electrons. The van der Waals surface area contributed by atoms with Crippen molar-refractivity contribution in [1.82, 2.24) is 4.90 Å². The van der Waals surface area contributed by atoms with E-state index in [-0.39, 0.29) is 12.5 Å². The van der Waals surface area contributed by atoms with Gasteiger partial charge in [-0.2, -0.15) is 0 Å². The highest BCUT2D eigenvalue weighted by atomic mass is 35.5. The van der Waals surface area contributed by atoms with Gasteiger partial charge in [-0.3, -0.25) is 4.79 Å². The Morgan fingerprint density at radius 1 is 1.47 bits per heavy atom. The maximum absolute atomic E-state index is 11.3. The molecule has 0 atom stereocenters. The lowest BCUT2D eigenvalue weighted by atomic mass is 10.2. The Labute approximate surface area is 95.0 Å². The zero-order valence-electron chi connectivity index (χ0n) is 9.17. The predicted octanol–water partition coefficient (Wildman–Crippen LogP) is 2.15. The average molecular weight is 227 g/mol. The van der Waals surface area contributed by atoms with Gasteiger partial charge in [-0.1, -0.05) is 17.7 Å². The van der Waals surface area contributed by atoms with Crippen LogP contribution in [-0.2, 0) is 4.79 Å². The quantitative estimate of drug-likeness (QED) is 0.857. The lowest BCUT2D eigenvalue weighted by molar-refractivity contribution is -0.126. The van der Waals surface area contributed by atoms with Gasteiger partial charge in [-0.15, -0.1) is 0 Å². The summed E-state index contributed by atoms with van der Waals surface area (Å²) in [5.41, 5.74) is 1.91. The first-order valence-electron chi connectivity index (χ1n) is 4.71. The van der Waals surface area contributed by atoms with E-state index < -0.39 is 0 Å². The number of likely N-dealkylation sites (N-methyl/N-ethyl adjacent to an activating group) is 1. The maximum atomic E-state index is 11.3. The molecule has 0 heterocycles. The molecular weight excluding hydrogens is 212 g/mol. The van der Waals surface area contributed by atoms with Crippen molar-refractivity contribution in [2.45, 2.75) is 6.92 Å². The summed E-state index contributed by atoms with van der Waals surface area (Å²) in [4.78, 5) is 12.9. The van der Waals surface area contributed by atoms with Gasteiger partial charge in [0.05, 0.1) is 17.3 Å². The molecule has 1 aromatic carbocycles. The smallest absolute Gasteiger partial charge is 0.241 e. The number of rotatable bonds is 3. The van der Waals surface area contributed by atoms with Crippen LogP contribution >= 0.6 is 11.6 Å². The minimum absolute atomic E-state index is 0.0209. The van der Waals surface area contributed by atoms with Gasteiger partial charge < -0.3 is 10.2 Å². The molecule has 0 aliphatic rings. The van der Waals surface area contributed by atoms with Gasteiger partial charge in [0.1, 0.15) is 0 Å². The molecule has 0 saturated carbocycles. The Kier molecular flexibility index (Phi) is 3.97. The molecule has 0 aliphatic heterocycles. The third kappa shape index (κ3) is 3.44. The summed E-state index contributed by atoms with van der Waals surface area (Å²) in [6.45, 7) is 2.24. The van der Waals surface area contributed by atoms with Crippen LogP contribution in [0.3, 0.4) is 0 Å². The van der Waals surface area contributed by atoms with Crippen molar-refractivity contribution < 1.29 is 4.79 Å². The monoisotopic (exact) mass is 226 g/mol. The number of halogens is 1. The molecule has 1 amide bonds. The van der Waals surface area contributed by atoms with E-state index in [1.54, 1.807) is 14.1 Å². The van der Waals surface area contributed by atoms with E-state index in [2.05, 4.69) is 5.32 Å².